The number of carbonyl (C=O) groups is 1. The Morgan fingerprint density at radius 2 is 2.03 bits per heavy atom. The molecular weight excluding hydrogens is 409 g/mol. The molecule has 2 aliphatic rings. The van der Waals surface area contributed by atoms with Crippen molar-refractivity contribution in [3.8, 4) is 0 Å². The molecule has 0 spiro atoms. The van der Waals surface area contributed by atoms with Crippen LogP contribution in [0.2, 0.25) is 0 Å². The predicted octanol–water partition coefficient (Wildman–Crippen LogP) is 2.24. The Balaban J connectivity index is 2.08. The van der Waals surface area contributed by atoms with E-state index >= 15 is 0 Å². The van der Waals surface area contributed by atoms with Gasteiger partial charge in [-0.1, -0.05) is 24.3 Å². The minimum absolute atomic E-state index is 0.0406. The topological polar surface area (TPSA) is 86.7 Å². The fraction of sp³-hybridized carbons (Fsp3) is 0.526. The number of fused-ring (bicyclic) bond motifs is 3. The number of nitrogens with zero attached hydrogens (tertiary/aromatic N) is 1. The Morgan fingerprint density at radius 1 is 1.38 bits per heavy atom. The lowest BCUT2D eigenvalue weighted by Gasteiger charge is -2.46. The SMILES string of the molecule is C/C=C1\CC[C@@H]2N(S(C)(=O)=O)c3ccccc3[C@]2(CCNC(=O)C(F)(F)F)[C@@H]1O. The van der Waals surface area contributed by atoms with Gasteiger partial charge in [-0.3, -0.25) is 9.10 Å². The summed E-state index contributed by atoms with van der Waals surface area (Å²) in [6.07, 6.45) is -2.43. The maximum atomic E-state index is 12.6. The third-order valence-corrected chi connectivity index (χ3v) is 7.04. The van der Waals surface area contributed by atoms with E-state index < -0.39 is 39.7 Å². The van der Waals surface area contributed by atoms with Gasteiger partial charge in [0, 0.05) is 6.54 Å². The van der Waals surface area contributed by atoms with Crippen LogP contribution in [0, 0.1) is 0 Å². The van der Waals surface area contributed by atoms with E-state index in [1.54, 1.807) is 37.3 Å². The Hall–Kier alpha value is -2.07. The van der Waals surface area contributed by atoms with Crippen molar-refractivity contribution < 1.29 is 31.5 Å². The van der Waals surface area contributed by atoms with Gasteiger partial charge in [0.2, 0.25) is 10.0 Å². The molecule has 10 heteroatoms. The summed E-state index contributed by atoms with van der Waals surface area (Å²) < 4.78 is 64.1. The highest BCUT2D eigenvalue weighted by Crippen LogP contribution is 2.55. The monoisotopic (exact) mass is 432 g/mol. The standard InChI is InChI=1S/C19H23F3N2O4S/c1-3-12-8-9-15-18(16(12)25,10-11-23-17(26)19(20,21)22)13-6-4-5-7-14(13)24(15)29(2,27)28/h3-7,15-16,25H,8-11H2,1-2H3,(H,23,26)/b12-3+/t15-,16+,18-/m0/s1. The van der Waals surface area contributed by atoms with E-state index in [1.165, 1.54) is 4.31 Å². The van der Waals surface area contributed by atoms with E-state index in [2.05, 4.69) is 0 Å². The van der Waals surface area contributed by atoms with E-state index in [9.17, 15) is 31.5 Å². The molecule has 0 radical (unpaired) electrons. The number of allylic oxidation sites excluding steroid dienone is 1. The number of hydrogen-bond donors (Lipinski definition) is 2. The molecule has 1 aliphatic heterocycles. The molecule has 6 nitrogen and oxygen atoms in total. The lowest BCUT2D eigenvalue weighted by atomic mass is 9.62. The molecule has 1 aromatic rings. The molecule has 0 saturated heterocycles. The van der Waals surface area contributed by atoms with Crippen LogP contribution in [-0.2, 0) is 20.2 Å². The Morgan fingerprint density at radius 3 is 2.62 bits per heavy atom. The maximum Gasteiger partial charge on any atom is 0.471 e. The molecule has 29 heavy (non-hydrogen) atoms. The molecular formula is C19H23F3N2O4S. The summed E-state index contributed by atoms with van der Waals surface area (Å²) in [5, 5.41) is 13.1. The van der Waals surface area contributed by atoms with Crippen molar-refractivity contribution in [1.82, 2.24) is 5.32 Å². The zero-order valence-electron chi connectivity index (χ0n) is 16.0. The van der Waals surface area contributed by atoms with E-state index in [-0.39, 0.29) is 13.0 Å². The molecule has 1 amide bonds. The van der Waals surface area contributed by atoms with Crippen LogP contribution >= 0.6 is 0 Å². The van der Waals surface area contributed by atoms with Gasteiger partial charge in [0.15, 0.2) is 0 Å². The number of benzene rings is 1. The van der Waals surface area contributed by atoms with Crippen LogP contribution in [0.15, 0.2) is 35.9 Å². The third-order valence-electron chi connectivity index (χ3n) is 5.88. The minimum atomic E-state index is -5.01. The molecule has 1 aromatic carbocycles. The second-order valence-corrected chi connectivity index (χ2v) is 9.30. The summed E-state index contributed by atoms with van der Waals surface area (Å²) in [4.78, 5) is 11.3. The Labute approximate surface area is 167 Å². The summed E-state index contributed by atoms with van der Waals surface area (Å²) >= 11 is 0. The van der Waals surface area contributed by atoms with Crippen molar-refractivity contribution in [1.29, 1.82) is 0 Å². The first-order chi connectivity index (χ1) is 13.4. The van der Waals surface area contributed by atoms with Gasteiger partial charge in [0.1, 0.15) is 0 Å². The summed E-state index contributed by atoms with van der Waals surface area (Å²) in [5.74, 6) is -2.06. The van der Waals surface area contributed by atoms with Gasteiger partial charge in [-0.2, -0.15) is 13.2 Å². The van der Waals surface area contributed by atoms with E-state index in [0.29, 0.717) is 29.7 Å². The van der Waals surface area contributed by atoms with Crippen LogP contribution in [0.5, 0.6) is 0 Å². The van der Waals surface area contributed by atoms with Crippen LogP contribution in [0.3, 0.4) is 0 Å². The molecule has 0 bridgehead atoms. The predicted molar refractivity (Wildman–Crippen MR) is 102 cm³/mol. The smallest absolute Gasteiger partial charge is 0.388 e. The number of alkyl halides is 3. The highest BCUT2D eigenvalue weighted by atomic mass is 32.2. The van der Waals surface area contributed by atoms with Gasteiger partial charge < -0.3 is 10.4 Å². The fourth-order valence-electron chi connectivity index (χ4n) is 4.72. The number of sulfonamides is 1. The van der Waals surface area contributed by atoms with Crippen LogP contribution in [0.1, 0.15) is 31.7 Å². The first-order valence-corrected chi connectivity index (χ1v) is 11.1. The molecule has 160 valence electrons. The van der Waals surface area contributed by atoms with Crippen molar-refractivity contribution in [2.45, 2.75) is 49.9 Å². The van der Waals surface area contributed by atoms with Crippen LogP contribution in [0.25, 0.3) is 0 Å². The average Bonchev–Trinajstić information content (AvgIpc) is 2.93. The molecule has 1 saturated carbocycles. The van der Waals surface area contributed by atoms with Crippen molar-refractivity contribution in [2.75, 3.05) is 17.1 Å². The number of rotatable bonds is 4. The van der Waals surface area contributed by atoms with E-state index in [1.807, 2.05) is 5.32 Å². The summed E-state index contributed by atoms with van der Waals surface area (Å²) in [6, 6.07) is 6.05. The summed E-state index contributed by atoms with van der Waals surface area (Å²) in [5.41, 5.74) is 0.522. The Kier molecular flexibility index (Phi) is 5.46. The normalized spacial score (nSPS) is 28.2. The number of carbonyl (C=O) groups excluding carboxylic acids is 1. The van der Waals surface area contributed by atoms with Crippen LogP contribution < -0.4 is 9.62 Å². The fourth-order valence-corrected chi connectivity index (χ4v) is 6.00. The largest absolute Gasteiger partial charge is 0.471 e. The summed E-state index contributed by atoms with van der Waals surface area (Å²) in [6.45, 7) is 1.40. The van der Waals surface area contributed by atoms with Crippen molar-refractivity contribution in [3.63, 3.8) is 0 Å². The quantitative estimate of drug-likeness (QED) is 0.715. The Bertz CT molecular complexity index is 945. The van der Waals surface area contributed by atoms with Gasteiger partial charge in [0.25, 0.3) is 0 Å². The van der Waals surface area contributed by atoms with E-state index in [4.69, 9.17) is 0 Å². The summed E-state index contributed by atoms with van der Waals surface area (Å²) in [7, 11) is -3.70. The maximum absolute atomic E-state index is 12.6. The van der Waals surface area contributed by atoms with E-state index in [0.717, 1.165) is 6.26 Å². The highest BCUT2D eigenvalue weighted by molar-refractivity contribution is 7.92. The van der Waals surface area contributed by atoms with Crippen molar-refractivity contribution in [3.05, 3.63) is 41.5 Å². The molecule has 3 atom stereocenters. The zero-order chi connectivity index (χ0) is 21.6. The molecule has 0 aromatic heterocycles. The van der Waals surface area contributed by atoms with Gasteiger partial charge in [-0.15, -0.1) is 0 Å². The molecule has 1 heterocycles. The number of anilines is 1. The highest BCUT2D eigenvalue weighted by Gasteiger charge is 2.59. The molecule has 1 aliphatic carbocycles. The number of aliphatic hydroxyl groups excluding tert-OH is 1. The lowest BCUT2D eigenvalue weighted by Crippen LogP contribution is -2.57. The average molecular weight is 432 g/mol. The third kappa shape index (κ3) is 3.52. The molecule has 3 rings (SSSR count). The molecule has 1 fully saturated rings. The van der Waals surface area contributed by atoms with Crippen molar-refractivity contribution in [2.24, 2.45) is 0 Å². The number of para-hydroxylation sites is 1. The van der Waals surface area contributed by atoms with Gasteiger partial charge in [-0.25, -0.2) is 8.42 Å². The van der Waals surface area contributed by atoms with Gasteiger partial charge in [-0.05, 0) is 43.4 Å². The van der Waals surface area contributed by atoms with Crippen LogP contribution in [-0.4, -0.2) is 50.6 Å². The molecule has 0 unspecified atom stereocenters. The zero-order valence-corrected chi connectivity index (χ0v) is 16.8. The van der Waals surface area contributed by atoms with Crippen molar-refractivity contribution >= 4 is 21.6 Å². The second-order valence-electron chi connectivity index (χ2n) is 7.44. The molecule has 2 N–H and O–H groups in total. The first-order valence-electron chi connectivity index (χ1n) is 9.21. The number of amides is 1. The lowest BCUT2D eigenvalue weighted by molar-refractivity contribution is -0.173. The van der Waals surface area contributed by atoms with Crippen LogP contribution in [0.4, 0.5) is 18.9 Å². The number of nitrogens with one attached hydrogen (secondary N) is 1. The number of halogens is 3. The van der Waals surface area contributed by atoms with Gasteiger partial charge in [0.05, 0.1) is 29.5 Å². The minimum Gasteiger partial charge on any atom is -0.388 e. The second kappa shape index (κ2) is 7.32. The number of hydrogen-bond acceptors (Lipinski definition) is 4. The number of aliphatic hydroxyl groups is 1. The van der Waals surface area contributed by atoms with Gasteiger partial charge >= 0.3 is 12.1 Å². The first kappa shape index (κ1) is 21.6.